The molecule has 0 aliphatic carbocycles. The molecule has 184 valence electrons. The average Bonchev–Trinajstić information content (AvgIpc) is 2.76. The van der Waals surface area contributed by atoms with Crippen molar-refractivity contribution in [2.45, 2.75) is 105 Å². The van der Waals surface area contributed by atoms with Crippen LogP contribution in [0.4, 0.5) is 0 Å². The normalized spacial score (nSPS) is 19.0. The Kier molecular flexibility index (Phi) is 14.4. The number of carbonyl (C=O) groups is 1. The lowest BCUT2D eigenvalue weighted by atomic mass is 9.98. The van der Waals surface area contributed by atoms with E-state index in [2.05, 4.69) is 71.6 Å². The van der Waals surface area contributed by atoms with E-state index in [9.17, 15) is 4.79 Å². The Morgan fingerprint density at radius 2 is 1.39 bits per heavy atom. The SMILES string of the molecule is C=C(C(=O)O)C1CCC(=CCCC(C)=CCCC=C(C)CCC=C(C)CCC=C(C)C)CO1. The van der Waals surface area contributed by atoms with Crippen molar-refractivity contribution in [3.8, 4) is 0 Å². The smallest absolute Gasteiger partial charge is 0.333 e. The first-order valence-corrected chi connectivity index (χ1v) is 12.5. The fourth-order valence-electron chi connectivity index (χ4n) is 3.86. The predicted molar refractivity (Wildman–Crippen MR) is 141 cm³/mol. The van der Waals surface area contributed by atoms with Gasteiger partial charge in [0.1, 0.15) is 0 Å². The van der Waals surface area contributed by atoms with Crippen molar-refractivity contribution in [3.63, 3.8) is 0 Å². The Hall–Kier alpha value is -2.13. The molecule has 0 aromatic heterocycles. The molecule has 1 saturated heterocycles. The van der Waals surface area contributed by atoms with Crippen LogP contribution in [0.1, 0.15) is 98.8 Å². The van der Waals surface area contributed by atoms with Gasteiger partial charge in [-0.1, -0.05) is 59.3 Å². The van der Waals surface area contributed by atoms with Crippen molar-refractivity contribution >= 4 is 5.97 Å². The number of hydrogen-bond donors (Lipinski definition) is 1. The first kappa shape index (κ1) is 28.9. The van der Waals surface area contributed by atoms with Crippen LogP contribution >= 0.6 is 0 Å². The third-order valence-corrected chi connectivity index (χ3v) is 6.11. The van der Waals surface area contributed by atoms with E-state index in [1.807, 2.05) is 0 Å². The molecule has 1 N–H and O–H groups in total. The van der Waals surface area contributed by atoms with Crippen LogP contribution in [0, 0.1) is 0 Å². The van der Waals surface area contributed by atoms with Gasteiger partial charge >= 0.3 is 5.97 Å². The summed E-state index contributed by atoms with van der Waals surface area (Å²) in [6.07, 6.45) is 21.9. The van der Waals surface area contributed by atoms with E-state index >= 15 is 0 Å². The summed E-state index contributed by atoms with van der Waals surface area (Å²) in [6, 6.07) is 0. The first-order valence-electron chi connectivity index (χ1n) is 12.5. The lowest BCUT2D eigenvalue weighted by molar-refractivity contribution is -0.134. The lowest BCUT2D eigenvalue weighted by Gasteiger charge is -2.24. The molecule has 0 bridgehead atoms. The molecule has 1 aliphatic rings. The quantitative estimate of drug-likeness (QED) is 0.162. The maximum Gasteiger partial charge on any atom is 0.333 e. The third kappa shape index (κ3) is 13.9. The van der Waals surface area contributed by atoms with Gasteiger partial charge in [-0.05, 0) is 104 Å². The molecule has 0 aromatic rings. The zero-order valence-electron chi connectivity index (χ0n) is 21.7. The fraction of sp³-hybridized carbons (Fsp3) is 0.567. The number of ether oxygens (including phenoxy) is 1. The molecule has 1 atom stereocenters. The molecule has 3 nitrogen and oxygen atoms in total. The van der Waals surface area contributed by atoms with Crippen LogP contribution in [0.5, 0.6) is 0 Å². The largest absolute Gasteiger partial charge is 0.478 e. The summed E-state index contributed by atoms with van der Waals surface area (Å²) in [5.41, 5.74) is 7.26. The van der Waals surface area contributed by atoms with Crippen LogP contribution in [0.25, 0.3) is 0 Å². The second-order valence-electron chi connectivity index (χ2n) is 9.66. The fourth-order valence-corrected chi connectivity index (χ4v) is 3.86. The summed E-state index contributed by atoms with van der Waals surface area (Å²) in [5.74, 6) is -0.962. The maximum absolute atomic E-state index is 11.0. The number of rotatable bonds is 14. The predicted octanol–water partition coefficient (Wildman–Crippen LogP) is 8.66. The number of unbranched alkanes of at least 4 members (excludes halogenated alkanes) is 1. The van der Waals surface area contributed by atoms with Gasteiger partial charge in [-0.25, -0.2) is 4.79 Å². The highest BCUT2D eigenvalue weighted by atomic mass is 16.5. The molecule has 0 amide bonds. The molecule has 3 heteroatoms. The van der Waals surface area contributed by atoms with Crippen LogP contribution < -0.4 is 0 Å². The molecule has 0 radical (unpaired) electrons. The summed E-state index contributed by atoms with van der Waals surface area (Å²) in [6.45, 7) is 15.2. The minimum Gasteiger partial charge on any atom is -0.478 e. The first-order chi connectivity index (χ1) is 15.7. The van der Waals surface area contributed by atoms with Crippen molar-refractivity contribution in [1.82, 2.24) is 0 Å². The van der Waals surface area contributed by atoms with Crippen LogP contribution in [0.2, 0.25) is 0 Å². The Morgan fingerprint density at radius 3 is 1.88 bits per heavy atom. The summed E-state index contributed by atoms with van der Waals surface area (Å²) in [7, 11) is 0. The van der Waals surface area contributed by atoms with E-state index in [1.54, 1.807) is 0 Å². The van der Waals surface area contributed by atoms with Gasteiger partial charge in [-0.3, -0.25) is 0 Å². The van der Waals surface area contributed by atoms with Crippen LogP contribution in [-0.4, -0.2) is 23.8 Å². The highest BCUT2D eigenvalue weighted by Gasteiger charge is 2.23. The van der Waals surface area contributed by atoms with Crippen molar-refractivity contribution in [1.29, 1.82) is 0 Å². The van der Waals surface area contributed by atoms with Crippen LogP contribution in [0.3, 0.4) is 0 Å². The van der Waals surface area contributed by atoms with E-state index in [0.717, 1.165) is 51.4 Å². The minimum absolute atomic E-state index is 0.166. The molecular weight excluding hydrogens is 408 g/mol. The third-order valence-electron chi connectivity index (χ3n) is 6.11. The molecule has 1 heterocycles. The number of carboxylic acid groups (broad SMARTS) is 1. The monoisotopic (exact) mass is 454 g/mol. The van der Waals surface area contributed by atoms with Crippen molar-refractivity contribution in [3.05, 3.63) is 70.4 Å². The van der Waals surface area contributed by atoms with Gasteiger partial charge in [0.25, 0.3) is 0 Å². The highest BCUT2D eigenvalue weighted by molar-refractivity contribution is 5.86. The van der Waals surface area contributed by atoms with Gasteiger partial charge in [-0.15, -0.1) is 0 Å². The Bertz CT molecular complexity index is 775. The molecule has 1 fully saturated rings. The van der Waals surface area contributed by atoms with Crippen LogP contribution in [-0.2, 0) is 9.53 Å². The number of carboxylic acids is 1. The van der Waals surface area contributed by atoms with Gasteiger partial charge in [-0.2, -0.15) is 0 Å². The molecular formula is C30H46O3. The molecule has 33 heavy (non-hydrogen) atoms. The van der Waals surface area contributed by atoms with E-state index in [4.69, 9.17) is 9.84 Å². The molecule has 1 rings (SSSR count). The van der Waals surface area contributed by atoms with Gasteiger partial charge in [0.15, 0.2) is 0 Å². The number of hydrogen-bond acceptors (Lipinski definition) is 2. The average molecular weight is 455 g/mol. The molecule has 0 saturated carbocycles. The minimum atomic E-state index is -0.962. The zero-order valence-corrected chi connectivity index (χ0v) is 21.7. The number of aliphatic carboxylic acids is 1. The van der Waals surface area contributed by atoms with E-state index in [1.165, 1.54) is 34.3 Å². The van der Waals surface area contributed by atoms with Gasteiger partial charge in [0.05, 0.1) is 18.3 Å². The second kappa shape index (κ2) is 16.5. The van der Waals surface area contributed by atoms with E-state index in [0.29, 0.717) is 13.0 Å². The molecule has 1 aliphatic heterocycles. The van der Waals surface area contributed by atoms with Crippen molar-refractivity contribution < 1.29 is 14.6 Å². The van der Waals surface area contributed by atoms with E-state index in [-0.39, 0.29) is 11.7 Å². The zero-order chi connectivity index (χ0) is 24.6. The molecule has 0 spiro atoms. The summed E-state index contributed by atoms with van der Waals surface area (Å²) in [4.78, 5) is 11.0. The Morgan fingerprint density at radius 1 is 0.879 bits per heavy atom. The molecule has 0 aromatic carbocycles. The lowest BCUT2D eigenvalue weighted by Crippen LogP contribution is -2.26. The standard InChI is InChI=1S/C30H46O3/c1-23(2)12-9-15-26(5)17-10-16-24(3)13-7-8-14-25(4)18-11-19-28-20-21-29(33-22-28)27(6)30(31)32/h12-14,17,19,29H,6-11,15-16,18,20-22H2,1-5H3,(H,31,32). The van der Waals surface area contributed by atoms with Gasteiger partial charge < -0.3 is 9.84 Å². The van der Waals surface area contributed by atoms with E-state index < -0.39 is 5.97 Å². The van der Waals surface area contributed by atoms with Crippen LogP contribution in [0.15, 0.2) is 70.4 Å². The second-order valence-corrected chi connectivity index (χ2v) is 9.66. The summed E-state index contributed by atoms with van der Waals surface area (Å²) < 4.78 is 5.66. The highest BCUT2D eigenvalue weighted by Crippen LogP contribution is 2.23. The summed E-state index contributed by atoms with van der Waals surface area (Å²) in [5, 5.41) is 9.01. The Labute approximate surface area is 202 Å². The topological polar surface area (TPSA) is 46.5 Å². The maximum atomic E-state index is 11.0. The molecule has 1 unspecified atom stereocenters. The van der Waals surface area contributed by atoms with Gasteiger partial charge in [0, 0.05) is 0 Å². The van der Waals surface area contributed by atoms with Gasteiger partial charge in [0.2, 0.25) is 0 Å². The Balaban J connectivity index is 2.23. The summed E-state index contributed by atoms with van der Waals surface area (Å²) >= 11 is 0. The van der Waals surface area contributed by atoms with Crippen molar-refractivity contribution in [2.75, 3.05) is 6.61 Å². The van der Waals surface area contributed by atoms with Crippen molar-refractivity contribution in [2.24, 2.45) is 0 Å². The number of allylic oxidation sites excluding steroid dienone is 9.